The standard InChI is InChI=1S/C20H33FN4O2/c1-6-16(27-17-10-8-9-15(21)13-17)14-25-19(22-7-2)24-12-11-23-18(26)20(3,4)5/h8-10,13,16H,6-7,11-12,14H2,1-5H3,(H,23,26)(H2,22,24,25). The zero-order valence-corrected chi connectivity index (χ0v) is 17.1. The van der Waals surface area contributed by atoms with Gasteiger partial charge in [-0.25, -0.2) is 9.38 Å². The second-order valence-corrected chi connectivity index (χ2v) is 7.26. The Kier molecular flexibility index (Phi) is 9.61. The fourth-order valence-electron chi connectivity index (χ4n) is 2.14. The van der Waals surface area contributed by atoms with Crippen LogP contribution >= 0.6 is 0 Å². The van der Waals surface area contributed by atoms with Gasteiger partial charge in [-0.1, -0.05) is 33.8 Å². The number of benzene rings is 1. The molecule has 0 bridgehead atoms. The summed E-state index contributed by atoms with van der Waals surface area (Å²) < 4.78 is 19.1. The van der Waals surface area contributed by atoms with Crippen molar-refractivity contribution < 1.29 is 13.9 Å². The largest absolute Gasteiger partial charge is 0.488 e. The minimum Gasteiger partial charge on any atom is -0.488 e. The third-order valence-electron chi connectivity index (χ3n) is 3.74. The Morgan fingerprint density at radius 3 is 2.48 bits per heavy atom. The van der Waals surface area contributed by atoms with Crippen molar-refractivity contribution in [3.63, 3.8) is 0 Å². The minimum atomic E-state index is -0.402. The van der Waals surface area contributed by atoms with Gasteiger partial charge < -0.3 is 20.7 Å². The molecule has 152 valence electrons. The molecule has 3 N–H and O–H groups in total. The number of guanidine groups is 1. The minimum absolute atomic E-state index is 0.0146. The topological polar surface area (TPSA) is 74.8 Å². The van der Waals surface area contributed by atoms with Gasteiger partial charge in [-0.2, -0.15) is 0 Å². The second kappa shape index (κ2) is 11.4. The summed E-state index contributed by atoms with van der Waals surface area (Å²) in [6.45, 7) is 11.9. The van der Waals surface area contributed by atoms with Crippen molar-refractivity contribution >= 4 is 11.9 Å². The van der Waals surface area contributed by atoms with Crippen LogP contribution in [0.1, 0.15) is 41.0 Å². The Morgan fingerprint density at radius 2 is 1.89 bits per heavy atom. The van der Waals surface area contributed by atoms with E-state index in [1.807, 2.05) is 34.6 Å². The van der Waals surface area contributed by atoms with E-state index < -0.39 is 5.41 Å². The number of aliphatic imine (C=N–C) groups is 1. The molecular formula is C20H33FN4O2. The van der Waals surface area contributed by atoms with Crippen LogP contribution in [0.15, 0.2) is 29.3 Å². The summed E-state index contributed by atoms with van der Waals surface area (Å²) in [5, 5.41) is 9.24. The maximum atomic E-state index is 13.3. The first-order valence-electron chi connectivity index (χ1n) is 9.49. The van der Waals surface area contributed by atoms with Gasteiger partial charge in [0.1, 0.15) is 17.7 Å². The molecule has 1 unspecified atom stereocenters. The van der Waals surface area contributed by atoms with Gasteiger partial charge >= 0.3 is 0 Å². The van der Waals surface area contributed by atoms with Gasteiger partial charge in [-0.3, -0.25) is 4.79 Å². The molecule has 0 radical (unpaired) electrons. The highest BCUT2D eigenvalue weighted by Crippen LogP contribution is 2.15. The van der Waals surface area contributed by atoms with Gasteiger partial charge in [-0.05, 0) is 25.5 Å². The van der Waals surface area contributed by atoms with E-state index in [1.165, 1.54) is 12.1 Å². The highest BCUT2D eigenvalue weighted by atomic mass is 19.1. The molecule has 0 fully saturated rings. The first-order valence-corrected chi connectivity index (χ1v) is 9.49. The van der Waals surface area contributed by atoms with E-state index >= 15 is 0 Å². The summed E-state index contributed by atoms with van der Waals surface area (Å²) >= 11 is 0. The van der Waals surface area contributed by atoms with Crippen molar-refractivity contribution in [3.05, 3.63) is 30.1 Å². The Morgan fingerprint density at radius 1 is 1.19 bits per heavy atom. The molecule has 1 aromatic carbocycles. The molecule has 1 atom stereocenters. The van der Waals surface area contributed by atoms with Gasteiger partial charge in [-0.15, -0.1) is 0 Å². The van der Waals surface area contributed by atoms with Crippen LogP contribution in [0.5, 0.6) is 5.75 Å². The molecule has 0 spiro atoms. The van der Waals surface area contributed by atoms with Gasteiger partial charge in [0, 0.05) is 31.1 Å². The number of amides is 1. The first kappa shape index (κ1) is 22.7. The van der Waals surface area contributed by atoms with Crippen molar-refractivity contribution in [2.45, 2.75) is 47.1 Å². The second-order valence-electron chi connectivity index (χ2n) is 7.26. The van der Waals surface area contributed by atoms with E-state index in [1.54, 1.807) is 12.1 Å². The smallest absolute Gasteiger partial charge is 0.225 e. The fraction of sp³-hybridized carbons (Fsp3) is 0.600. The molecule has 27 heavy (non-hydrogen) atoms. The van der Waals surface area contributed by atoms with Crippen LogP contribution in [0.25, 0.3) is 0 Å². The zero-order valence-electron chi connectivity index (χ0n) is 17.1. The number of rotatable bonds is 9. The molecular weight excluding hydrogens is 347 g/mol. The SMILES string of the molecule is CCNC(=NCC(CC)Oc1cccc(F)c1)NCCNC(=O)C(C)(C)C. The Labute approximate surface area is 162 Å². The van der Waals surface area contributed by atoms with E-state index in [0.717, 1.165) is 13.0 Å². The Balaban J connectivity index is 2.51. The molecule has 0 aliphatic rings. The summed E-state index contributed by atoms with van der Waals surface area (Å²) in [6, 6.07) is 6.11. The van der Waals surface area contributed by atoms with E-state index in [2.05, 4.69) is 20.9 Å². The quantitative estimate of drug-likeness (QED) is 0.350. The first-order chi connectivity index (χ1) is 12.8. The lowest BCUT2D eigenvalue weighted by Gasteiger charge is -2.19. The van der Waals surface area contributed by atoms with Crippen molar-refractivity contribution in [3.8, 4) is 5.75 Å². The lowest BCUT2D eigenvalue weighted by molar-refractivity contribution is -0.128. The molecule has 0 saturated carbocycles. The number of carbonyl (C=O) groups excluding carboxylic acids is 1. The van der Waals surface area contributed by atoms with E-state index in [0.29, 0.717) is 31.3 Å². The van der Waals surface area contributed by atoms with Crippen molar-refractivity contribution in [2.75, 3.05) is 26.2 Å². The molecule has 1 amide bonds. The Hall–Kier alpha value is -2.31. The van der Waals surface area contributed by atoms with Gasteiger partial charge in [0.05, 0.1) is 6.54 Å². The lowest BCUT2D eigenvalue weighted by Crippen LogP contribution is -2.43. The van der Waals surface area contributed by atoms with Crippen molar-refractivity contribution in [1.29, 1.82) is 0 Å². The highest BCUT2D eigenvalue weighted by Gasteiger charge is 2.20. The average molecular weight is 381 g/mol. The number of ether oxygens (including phenoxy) is 1. The molecule has 0 aliphatic heterocycles. The zero-order chi connectivity index (χ0) is 20.3. The Bertz CT molecular complexity index is 614. The maximum absolute atomic E-state index is 13.3. The van der Waals surface area contributed by atoms with Crippen LogP contribution in [-0.4, -0.2) is 44.1 Å². The number of hydrogen-bond donors (Lipinski definition) is 3. The van der Waals surface area contributed by atoms with Crippen LogP contribution in [0.4, 0.5) is 4.39 Å². The number of carbonyl (C=O) groups is 1. The van der Waals surface area contributed by atoms with E-state index in [-0.39, 0.29) is 17.8 Å². The lowest BCUT2D eigenvalue weighted by atomic mass is 9.96. The van der Waals surface area contributed by atoms with Crippen LogP contribution in [0.3, 0.4) is 0 Å². The van der Waals surface area contributed by atoms with Gasteiger partial charge in [0.2, 0.25) is 5.91 Å². The summed E-state index contributed by atoms with van der Waals surface area (Å²) in [7, 11) is 0. The van der Waals surface area contributed by atoms with Crippen molar-refractivity contribution in [2.24, 2.45) is 10.4 Å². The molecule has 0 heterocycles. The molecule has 1 aromatic rings. The molecule has 1 rings (SSSR count). The molecule has 0 aliphatic carbocycles. The van der Waals surface area contributed by atoms with Gasteiger partial charge in [0.15, 0.2) is 5.96 Å². The summed E-state index contributed by atoms with van der Waals surface area (Å²) in [6.07, 6.45) is 0.601. The van der Waals surface area contributed by atoms with Crippen LogP contribution in [0.2, 0.25) is 0 Å². The summed E-state index contributed by atoms with van der Waals surface area (Å²) in [5.74, 6) is 0.850. The molecule has 0 saturated heterocycles. The monoisotopic (exact) mass is 380 g/mol. The van der Waals surface area contributed by atoms with Crippen LogP contribution in [0, 0.1) is 11.2 Å². The highest BCUT2D eigenvalue weighted by molar-refractivity contribution is 5.81. The third kappa shape index (κ3) is 9.26. The number of nitrogens with zero attached hydrogens (tertiary/aromatic N) is 1. The van der Waals surface area contributed by atoms with Gasteiger partial charge in [0.25, 0.3) is 0 Å². The van der Waals surface area contributed by atoms with E-state index in [9.17, 15) is 9.18 Å². The predicted molar refractivity (Wildman–Crippen MR) is 108 cm³/mol. The average Bonchev–Trinajstić information content (AvgIpc) is 2.60. The molecule has 7 heteroatoms. The fourth-order valence-corrected chi connectivity index (χ4v) is 2.14. The number of hydrogen-bond acceptors (Lipinski definition) is 3. The van der Waals surface area contributed by atoms with Crippen molar-refractivity contribution in [1.82, 2.24) is 16.0 Å². The third-order valence-corrected chi connectivity index (χ3v) is 3.74. The predicted octanol–water partition coefficient (Wildman–Crippen LogP) is 2.70. The number of nitrogens with one attached hydrogen (secondary N) is 3. The van der Waals surface area contributed by atoms with Crippen LogP contribution in [-0.2, 0) is 4.79 Å². The summed E-state index contributed by atoms with van der Waals surface area (Å²) in [4.78, 5) is 16.4. The molecule has 0 aromatic heterocycles. The van der Waals surface area contributed by atoms with E-state index in [4.69, 9.17) is 4.74 Å². The molecule has 6 nitrogen and oxygen atoms in total. The number of halogens is 1. The van der Waals surface area contributed by atoms with Crippen LogP contribution < -0.4 is 20.7 Å². The normalized spacial score (nSPS) is 13.0. The summed E-state index contributed by atoms with van der Waals surface area (Å²) in [5.41, 5.74) is -0.402. The maximum Gasteiger partial charge on any atom is 0.225 e.